The molecule has 0 aromatic carbocycles. The average molecular weight is 160 g/mol. The Bertz CT molecular complexity index is 144. The number of thiocarbonyl (C=S) groups is 1. The molecule has 2 N–H and O–H groups in total. The van der Waals surface area contributed by atoms with Gasteiger partial charge in [-0.15, -0.1) is 11.8 Å². The molecule has 1 aliphatic heterocycles. The molecular weight excluding hydrogens is 152 g/mol. The first-order valence-electron chi connectivity index (χ1n) is 2.59. The fraction of sp³-hybridized carbons (Fsp3) is 0.400. The van der Waals surface area contributed by atoms with Crippen molar-refractivity contribution in [2.24, 2.45) is 0 Å². The average Bonchev–Trinajstić information content (AvgIpc) is 1.88. The van der Waals surface area contributed by atoms with Gasteiger partial charge in [-0.1, -0.05) is 12.2 Å². The molecule has 0 spiro atoms. The zero-order chi connectivity index (χ0) is 6.69. The molecule has 1 heterocycles. The van der Waals surface area contributed by atoms with Gasteiger partial charge in [0.25, 0.3) is 0 Å². The van der Waals surface area contributed by atoms with Crippen LogP contribution in [-0.4, -0.2) is 16.7 Å². The summed E-state index contributed by atoms with van der Waals surface area (Å²) >= 11 is 6.59. The number of nitrogens with one attached hydrogen (secondary N) is 2. The lowest BCUT2D eigenvalue weighted by Crippen LogP contribution is -2.42. The Labute approximate surface area is 64.1 Å². The minimum Gasteiger partial charge on any atom is -0.363 e. The number of thioether (sulfide) groups is 1. The molecule has 1 aliphatic rings. The molecule has 0 radical (unpaired) electrons. The summed E-state index contributed by atoms with van der Waals surface area (Å²) in [5.41, 5.74) is 0.252. The van der Waals surface area contributed by atoms with Gasteiger partial charge in [-0.05, 0) is 12.3 Å². The topological polar surface area (TPSA) is 24.1 Å². The van der Waals surface area contributed by atoms with Gasteiger partial charge < -0.3 is 10.6 Å². The van der Waals surface area contributed by atoms with Crippen LogP contribution in [0.3, 0.4) is 0 Å². The summed E-state index contributed by atoms with van der Waals surface area (Å²) in [5.74, 6) is 0. The summed E-state index contributed by atoms with van der Waals surface area (Å²) in [4.78, 5) is 0.799. The molecule has 1 rings (SSSR count). The summed E-state index contributed by atoms with van der Waals surface area (Å²) in [5, 5.41) is 6.15. The maximum absolute atomic E-state index is 4.90. The molecule has 0 aromatic rings. The van der Waals surface area contributed by atoms with E-state index in [1.807, 2.05) is 18.5 Å². The van der Waals surface area contributed by atoms with Crippen LogP contribution in [0.5, 0.6) is 0 Å². The molecule has 0 bridgehead atoms. The monoisotopic (exact) mass is 160 g/mol. The normalized spacial score (nSPS) is 25.0. The lowest BCUT2D eigenvalue weighted by molar-refractivity contribution is 0.734. The van der Waals surface area contributed by atoms with Gasteiger partial charge in [0.15, 0.2) is 0 Å². The smallest absolute Gasteiger partial charge is 0.145 e. The van der Waals surface area contributed by atoms with E-state index in [4.69, 9.17) is 12.2 Å². The second-order valence-corrected chi connectivity index (χ2v) is 3.01. The van der Waals surface area contributed by atoms with E-state index in [9.17, 15) is 0 Å². The largest absolute Gasteiger partial charge is 0.363 e. The van der Waals surface area contributed by atoms with Crippen molar-refractivity contribution >= 4 is 29.0 Å². The summed E-state index contributed by atoms with van der Waals surface area (Å²) in [6, 6.07) is 0. The van der Waals surface area contributed by atoms with Crippen molar-refractivity contribution in [3.63, 3.8) is 0 Å². The van der Waals surface area contributed by atoms with Crippen LogP contribution in [-0.2, 0) is 0 Å². The SMILES string of the molecule is CSC1NC=CC(=S)N1. The molecule has 0 saturated carbocycles. The van der Waals surface area contributed by atoms with Gasteiger partial charge in [-0.3, -0.25) is 0 Å². The van der Waals surface area contributed by atoms with E-state index in [2.05, 4.69) is 10.6 Å². The molecule has 0 aromatic heterocycles. The third kappa shape index (κ3) is 1.87. The molecule has 0 saturated heterocycles. The molecule has 1 unspecified atom stereocenters. The highest BCUT2D eigenvalue weighted by Crippen LogP contribution is 2.01. The molecule has 0 amide bonds. The first-order valence-corrected chi connectivity index (χ1v) is 4.28. The lowest BCUT2D eigenvalue weighted by Gasteiger charge is -2.20. The van der Waals surface area contributed by atoms with E-state index < -0.39 is 0 Å². The quantitative estimate of drug-likeness (QED) is 0.550. The van der Waals surface area contributed by atoms with Crippen LogP contribution in [0.2, 0.25) is 0 Å². The molecule has 4 heteroatoms. The zero-order valence-electron chi connectivity index (χ0n) is 5.05. The van der Waals surface area contributed by atoms with Crippen molar-refractivity contribution in [3.05, 3.63) is 12.3 Å². The predicted molar refractivity (Wildman–Crippen MR) is 45.3 cm³/mol. The Balaban J connectivity index is 2.47. The van der Waals surface area contributed by atoms with Crippen LogP contribution >= 0.6 is 24.0 Å². The van der Waals surface area contributed by atoms with Gasteiger partial charge in [-0.25, -0.2) is 0 Å². The third-order valence-corrected chi connectivity index (χ3v) is 1.97. The molecule has 0 fully saturated rings. The van der Waals surface area contributed by atoms with E-state index in [1.54, 1.807) is 11.8 Å². The van der Waals surface area contributed by atoms with Crippen molar-refractivity contribution in [3.8, 4) is 0 Å². The van der Waals surface area contributed by atoms with Crippen molar-refractivity contribution in [1.29, 1.82) is 0 Å². The van der Waals surface area contributed by atoms with Gasteiger partial charge in [0.2, 0.25) is 0 Å². The van der Waals surface area contributed by atoms with E-state index in [0.717, 1.165) is 4.99 Å². The standard InChI is InChI=1S/C5H8N2S2/c1-9-5-6-3-2-4(8)7-5/h2-3,5-6H,1H3,(H,7,8). The second-order valence-electron chi connectivity index (χ2n) is 1.62. The highest BCUT2D eigenvalue weighted by molar-refractivity contribution is 7.99. The Morgan fingerprint density at radius 1 is 1.78 bits per heavy atom. The maximum atomic E-state index is 4.90. The Morgan fingerprint density at radius 3 is 3.00 bits per heavy atom. The molecular formula is C5H8N2S2. The van der Waals surface area contributed by atoms with Gasteiger partial charge in [0.05, 0.1) is 0 Å². The fourth-order valence-corrected chi connectivity index (χ4v) is 1.28. The number of hydrogen-bond donors (Lipinski definition) is 2. The van der Waals surface area contributed by atoms with Crippen molar-refractivity contribution in [2.45, 2.75) is 5.50 Å². The fourth-order valence-electron chi connectivity index (χ4n) is 0.557. The van der Waals surface area contributed by atoms with Crippen LogP contribution in [0.15, 0.2) is 12.3 Å². The van der Waals surface area contributed by atoms with Crippen LogP contribution in [0.4, 0.5) is 0 Å². The van der Waals surface area contributed by atoms with Gasteiger partial charge in [0, 0.05) is 6.20 Å². The third-order valence-electron chi connectivity index (χ3n) is 0.991. The van der Waals surface area contributed by atoms with Crippen LogP contribution in [0, 0.1) is 0 Å². The Hall–Kier alpha value is -0.220. The van der Waals surface area contributed by atoms with Gasteiger partial charge in [0.1, 0.15) is 10.5 Å². The maximum Gasteiger partial charge on any atom is 0.145 e. The highest BCUT2D eigenvalue weighted by Gasteiger charge is 2.06. The summed E-state index contributed by atoms with van der Waals surface area (Å²) < 4.78 is 0. The van der Waals surface area contributed by atoms with Gasteiger partial charge in [-0.2, -0.15) is 0 Å². The predicted octanol–water partition coefficient (Wildman–Crippen LogP) is 0.667. The molecule has 50 valence electrons. The Morgan fingerprint density at radius 2 is 2.56 bits per heavy atom. The molecule has 2 nitrogen and oxygen atoms in total. The van der Waals surface area contributed by atoms with Gasteiger partial charge >= 0.3 is 0 Å². The van der Waals surface area contributed by atoms with Crippen LogP contribution in [0.1, 0.15) is 0 Å². The minimum absolute atomic E-state index is 0.252. The lowest BCUT2D eigenvalue weighted by atomic mass is 10.5. The molecule has 1 atom stereocenters. The zero-order valence-corrected chi connectivity index (χ0v) is 6.68. The van der Waals surface area contributed by atoms with Crippen molar-refractivity contribution < 1.29 is 0 Å². The summed E-state index contributed by atoms with van der Waals surface area (Å²) in [6.45, 7) is 0. The van der Waals surface area contributed by atoms with E-state index in [1.165, 1.54) is 0 Å². The summed E-state index contributed by atoms with van der Waals surface area (Å²) in [6.07, 6.45) is 5.72. The second kappa shape index (κ2) is 3.08. The minimum atomic E-state index is 0.252. The molecule has 9 heavy (non-hydrogen) atoms. The van der Waals surface area contributed by atoms with Crippen LogP contribution in [0.25, 0.3) is 0 Å². The number of rotatable bonds is 1. The number of hydrogen-bond acceptors (Lipinski definition) is 3. The van der Waals surface area contributed by atoms with Crippen LogP contribution < -0.4 is 10.6 Å². The first-order chi connectivity index (χ1) is 4.33. The van der Waals surface area contributed by atoms with Crippen molar-refractivity contribution in [2.75, 3.05) is 6.26 Å². The Kier molecular flexibility index (Phi) is 2.36. The van der Waals surface area contributed by atoms with Crippen molar-refractivity contribution in [1.82, 2.24) is 10.6 Å². The molecule has 0 aliphatic carbocycles. The summed E-state index contributed by atoms with van der Waals surface area (Å²) in [7, 11) is 0. The van der Waals surface area contributed by atoms with E-state index in [-0.39, 0.29) is 5.50 Å². The first kappa shape index (κ1) is 6.89. The highest BCUT2D eigenvalue weighted by atomic mass is 32.2. The van der Waals surface area contributed by atoms with E-state index in [0.29, 0.717) is 0 Å². The van der Waals surface area contributed by atoms with E-state index >= 15 is 0 Å².